The predicted octanol–water partition coefficient (Wildman–Crippen LogP) is 3.06. The van der Waals surface area contributed by atoms with Crippen molar-refractivity contribution < 1.29 is 4.79 Å². The summed E-state index contributed by atoms with van der Waals surface area (Å²) in [5, 5.41) is 0. The molecule has 2 aromatic rings. The van der Waals surface area contributed by atoms with E-state index >= 15 is 0 Å². The number of likely N-dealkylation sites (tertiary alicyclic amines) is 2. The summed E-state index contributed by atoms with van der Waals surface area (Å²) in [6.45, 7) is 5.84. The first-order chi connectivity index (χ1) is 12.6. The van der Waals surface area contributed by atoms with E-state index in [1.807, 2.05) is 11.8 Å². The van der Waals surface area contributed by atoms with Crippen molar-refractivity contribution in [3.8, 4) is 0 Å². The van der Waals surface area contributed by atoms with E-state index in [-0.39, 0.29) is 5.91 Å². The number of H-pyrrole nitrogens is 1. The van der Waals surface area contributed by atoms with Gasteiger partial charge in [0.2, 0.25) is 0 Å². The fourth-order valence-corrected chi connectivity index (χ4v) is 4.88. The summed E-state index contributed by atoms with van der Waals surface area (Å²) in [5.41, 5.74) is 3.20. The molecule has 2 aliphatic heterocycles. The van der Waals surface area contributed by atoms with Crippen LogP contribution in [0.15, 0.2) is 36.7 Å². The van der Waals surface area contributed by atoms with Crippen LogP contribution >= 0.6 is 0 Å². The fraction of sp³-hybridized carbons (Fsp3) is 0.524. The van der Waals surface area contributed by atoms with Gasteiger partial charge in [0.1, 0.15) is 5.69 Å². The van der Waals surface area contributed by atoms with Crippen LogP contribution in [0.1, 0.15) is 46.9 Å². The number of hydrogen-bond donors (Lipinski definition) is 1. The Morgan fingerprint density at radius 2 is 1.96 bits per heavy atom. The van der Waals surface area contributed by atoms with E-state index in [1.54, 1.807) is 6.33 Å². The summed E-state index contributed by atoms with van der Waals surface area (Å²) in [4.78, 5) is 24.4. The Balaban J connectivity index is 1.45. The fourth-order valence-electron chi connectivity index (χ4n) is 4.88. The first kappa shape index (κ1) is 17.3. The third kappa shape index (κ3) is 3.28. The number of aromatic amines is 1. The molecule has 1 N–H and O–H groups in total. The van der Waals surface area contributed by atoms with E-state index < -0.39 is 0 Å². The maximum atomic E-state index is 12.7. The topological polar surface area (TPSA) is 52.2 Å². The van der Waals surface area contributed by atoms with Crippen LogP contribution in [0, 0.1) is 12.3 Å². The number of benzene rings is 1. The first-order valence-electron chi connectivity index (χ1n) is 9.59. The molecule has 5 nitrogen and oxygen atoms in total. The lowest BCUT2D eigenvalue weighted by Gasteiger charge is -2.49. The number of nitrogens with one attached hydrogen (secondary N) is 1. The highest BCUT2D eigenvalue weighted by Crippen LogP contribution is 2.44. The van der Waals surface area contributed by atoms with E-state index in [2.05, 4.69) is 52.2 Å². The van der Waals surface area contributed by atoms with Gasteiger partial charge in [0.25, 0.3) is 5.91 Å². The van der Waals surface area contributed by atoms with Gasteiger partial charge in [0.05, 0.1) is 6.33 Å². The summed E-state index contributed by atoms with van der Waals surface area (Å²) >= 11 is 0. The Morgan fingerprint density at radius 1 is 1.23 bits per heavy atom. The quantitative estimate of drug-likeness (QED) is 0.904. The third-order valence-electron chi connectivity index (χ3n) is 6.23. The van der Waals surface area contributed by atoms with E-state index in [0.29, 0.717) is 17.0 Å². The minimum Gasteiger partial charge on any atom is -0.348 e. The van der Waals surface area contributed by atoms with Crippen molar-refractivity contribution in [2.24, 2.45) is 5.41 Å². The Labute approximate surface area is 155 Å². The number of carbonyl (C=O) groups excluding carboxylic acids is 1. The lowest BCUT2D eigenvalue weighted by Crippen LogP contribution is -2.51. The highest BCUT2D eigenvalue weighted by atomic mass is 16.2. The van der Waals surface area contributed by atoms with Gasteiger partial charge < -0.3 is 14.8 Å². The number of likely N-dealkylation sites (N-methyl/N-ethyl adjacent to an activating group) is 1. The van der Waals surface area contributed by atoms with E-state index in [9.17, 15) is 4.79 Å². The van der Waals surface area contributed by atoms with Crippen LogP contribution in [-0.2, 0) is 0 Å². The summed E-state index contributed by atoms with van der Waals surface area (Å²) in [7, 11) is 2.24. The standard InChI is InChI=1S/C21H28N4O/c1-16-19(23-15-22-16)20(26)25-10-8-21(9-11-25)12-18(13-24(2)14-21)17-6-4-3-5-7-17/h3-7,15,18H,8-14H2,1-2H3,(H,22,23)/t18-/m0/s1. The average Bonchev–Trinajstić information content (AvgIpc) is 3.08. The highest BCUT2D eigenvalue weighted by molar-refractivity contribution is 5.93. The summed E-state index contributed by atoms with van der Waals surface area (Å²) in [6, 6.07) is 10.9. The molecule has 26 heavy (non-hydrogen) atoms. The molecular weight excluding hydrogens is 324 g/mol. The van der Waals surface area contributed by atoms with Crippen molar-refractivity contribution in [1.29, 1.82) is 0 Å². The minimum absolute atomic E-state index is 0.0716. The van der Waals surface area contributed by atoms with Crippen molar-refractivity contribution in [3.63, 3.8) is 0 Å². The Hall–Kier alpha value is -2.14. The molecule has 0 unspecified atom stereocenters. The first-order valence-corrected chi connectivity index (χ1v) is 9.59. The third-order valence-corrected chi connectivity index (χ3v) is 6.23. The van der Waals surface area contributed by atoms with Crippen LogP contribution in [0.3, 0.4) is 0 Å². The smallest absolute Gasteiger partial charge is 0.274 e. The van der Waals surface area contributed by atoms with E-state index in [0.717, 1.165) is 44.7 Å². The van der Waals surface area contributed by atoms with E-state index in [4.69, 9.17) is 0 Å². The molecule has 5 heteroatoms. The number of amides is 1. The van der Waals surface area contributed by atoms with Gasteiger partial charge in [-0.3, -0.25) is 4.79 Å². The molecule has 2 aliphatic rings. The molecule has 0 radical (unpaired) electrons. The molecule has 4 rings (SSSR count). The number of piperidine rings is 2. The van der Waals surface area contributed by atoms with Crippen LogP contribution in [0.2, 0.25) is 0 Å². The van der Waals surface area contributed by atoms with Crippen LogP contribution in [0.4, 0.5) is 0 Å². The second-order valence-corrected chi connectivity index (χ2v) is 8.18. The lowest BCUT2D eigenvalue weighted by molar-refractivity contribution is 0.0222. The highest BCUT2D eigenvalue weighted by Gasteiger charge is 2.42. The van der Waals surface area contributed by atoms with Gasteiger partial charge in [0.15, 0.2) is 0 Å². The molecule has 2 fully saturated rings. The van der Waals surface area contributed by atoms with Crippen LogP contribution in [0.5, 0.6) is 0 Å². The van der Waals surface area contributed by atoms with Gasteiger partial charge in [-0.2, -0.15) is 0 Å². The Bertz CT molecular complexity index is 761. The van der Waals surface area contributed by atoms with Crippen molar-refractivity contribution in [2.45, 2.75) is 32.1 Å². The summed E-state index contributed by atoms with van der Waals surface area (Å²) < 4.78 is 0. The maximum Gasteiger partial charge on any atom is 0.274 e. The molecule has 0 saturated carbocycles. The Kier molecular flexibility index (Phi) is 4.57. The normalized spacial score (nSPS) is 23.3. The summed E-state index contributed by atoms with van der Waals surface area (Å²) in [6.07, 6.45) is 4.99. The van der Waals surface area contributed by atoms with Crippen LogP contribution in [0.25, 0.3) is 0 Å². The lowest BCUT2D eigenvalue weighted by atomic mass is 9.68. The number of nitrogens with zero attached hydrogens (tertiary/aromatic N) is 3. The van der Waals surface area contributed by atoms with Gasteiger partial charge in [-0.25, -0.2) is 4.98 Å². The van der Waals surface area contributed by atoms with Crippen molar-refractivity contribution in [2.75, 3.05) is 33.2 Å². The van der Waals surface area contributed by atoms with Crippen molar-refractivity contribution in [3.05, 3.63) is 53.6 Å². The zero-order valence-electron chi connectivity index (χ0n) is 15.7. The van der Waals surface area contributed by atoms with Crippen LogP contribution in [-0.4, -0.2) is 58.9 Å². The van der Waals surface area contributed by atoms with Crippen molar-refractivity contribution in [1.82, 2.24) is 19.8 Å². The van der Waals surface area contributed by atoms with Gasteiger partial charge >= 0.3 is 0 Å². The molecule has 1 amide bonds. The average molecular weight is 352 g/mol. The molecule has 1 aromatic heterocycles. The SMILES string of the molecule is Cc1[nH]cnc1C(=O)N1CCC2(CC1)C[C@H](c1ccccc1)CN(C)C2. The van der Waals surface area contributed by atoms with Gasteiger partial charge in [-0.15, -0.1) is 0 Å². The molecule has 1 atom stereocenters. The monoisotopic (exact) mass is 352 g/mol. The second-order valence-electron chi connectivity index (χ2n) is 8.18. The zero-order valence-corrected chi connectivity index (χ0v) is 15.7. The number of hydrogen-bond acceptors (Lipinski definition) is 3. The van der Waals surface area contributed by atoms with E-state index in [1.165, 1.54) is 12.0 Å². The maximum absolute atomic E-state index is 12.7. The largest absolute Gasteiger partial charge is 0.348 e. The van der Waals surface area contributed by atoms with Crippen LogP contribution < -0.4 is 0 Å². The number of aromatic nitrogens is 2. The molecule has 0 bridgehead atoms. The molecule has 1 aromatic carbocycles. The minimum atomic E-state index is 0.0716. The van der Waals surface area contributed by atoms with Gasteiger partial charge in [-0.1, -0.05) is 30.3 Å². The molecule has 2 saturated heterocycles. The second kappa shape index (κ2) is 6.88. The molecular formula is C21H28N4O. The number of aryl methyl sites for hydroxylation is 1. The number of rotatable bonds is 2. The molecule has 3 heterocycles. The summed E-state index contributed by atoms with van der Waals surface area (Å²) in [5.74, 6) is 0.660. The predicted molar refractivity (Wildman–Crippen MR) is 102 cm³/mol. The van der Waals surface area contributed by atoms with Gasteiger partial charge in [-0.05, 0) is 50.1 Å². The zero-order chi connectivity index (χ0) is 18.1. The Morgan fingerprint density at radius 3 is 2.62 bits per heavy atom. The molecule has 0 aliphatic carbocycles. The van der Waals surface area contributed by atoms with Gasteiger partial charge in [0, 0.05) is 31.9 Å². The molecule has 138 valence electrons. The van der Waals surface area contributed by atoms with Crippen molar-refractivity contribution >= 4 is 5.91 Å². The number of carbonyl (C=O) groups is 1. The molecule has 1 spiro atoms. The number of imidazole rings is 1.